The highest BCUT2D eigenvalue weighted by atomic mass is 127. The van der Waals surface area contributed by atoms with Crippen LogP contribution in [0.3, 0.4) is 0 Å². The first-order valence-corrected chi connectivity index (χ1v) is 23.2. The van der Waals surface area contributed by atoms with Crippen LogP contribution in [0.1, 0.15) is 16.7 Å². The topological polar surface area (TPSA) is 109 Å². The molecule has 0 bridgehead atoms. The minimum Gasteiger partial charge on any atom is -0.497 e. The van der Waals surface area contributed by atoms with E-state index in [1.54, 1.807) is 33.1 Å². The van der Waals surface area contributed by atoms with E-state index < -0.39 is 18.1 Å². The van der Waals surface area contributed by atoms with Crippen LogP contribution >= 0.6 is 34.4 Å². The van der Waals surface area contributed by atoms with Crippen molar-refractivity contribution in [1.29, 1.82) is 0 Å². The quantitative estimate of drug-likeness (QED) is 0.0558. The number of nitrogens with zero attached hydrogens (tertiary/aromatic N) is 5. The summed E-state index contributed by atoms with van der Waals surface area (Å²) in [6, 6.07) is 27.4. The van der Waals surface area contributed by atoms with Gasteiger partial charge in [-0.25, -0.2) is 8.42 Å². The average molecular weight is 844 g/mol. The van der Waals surface area contributed by atoms with E-state index in [-0.39, 0.29) is 23.8 Å². The van der Waals surface area contributed by atoms with Gasteiger partial charge in [0.05, 0.1) is 33.4 Å². The number of halogens is 1. The molecular weight excluding hydrogens is 802 g/mol. The normalized spacial score (nSPS) is 11.9. The predicted molar refractivity (Wildman–Crippen MR) is 209 cm³/mol. The van der Waals surface area contributed by atoms with Crippen molar-refractivity contribution in [3.05, 3.63) is 105 Å². The van der Waals surface area contributed by atoms with Gasteiger partial charge in [0.1, 0.15) is 22.1 Å². The third-order valence-electron chi connectivity index (χ3n) is 7.97. The molecule has 1 aromatic heterocycles. The minimum atomic E-state index is -4.16. The summed E-state index contributed by atoms with van der Waals surface area (Å²) in [6.45, 7) is 7.60. The molecule has 50 heavy (non-hydrogen) atoms. The second-order valence-corrected chi connectivity index (χ2v) is 22.7. The van der Waals surface area contributed by atoms with Gasteiger partial charge in [-0.2, -0.15) is 9.10 Å². The molecule has 0 aliphatic rings. The third-order valence-corrected chi connectivity index (χ3v) is 14.1. The highest BCUT2D eigenvalue weighted by Crippen LogP contribution is 2.40. The number of rotatable bonds is 16. The lowest BCUT2D eigenvalue weighted by Gasteiger charge is -2.26. The molecule has 0 amide bonds. The van der Waals surface area contributed by atoms with Crippen molar-refractivity contribution < 1.29 is 22.6 Å². The van der Waals surface area contributed by atoms with Gasteiger partial charge in [0.2, 0.25) is 15.8 Å². The van der Waals surface area contributed by atoms with Crippen LogP contribution in [0.25, 0.3) is 11.4 Å². The van der Waals surface area contributed by atoms with Crippen LogP contribution in [0, 0.1) is 3.57 Å². The number of sulfonamides is 1. The first-order valence-electron chi connectivity index (χ1n) is 16.0. The molecule has 1 heterocycles. The van der Waals surface area contributed by atoms with Gasteiger partial charge in [-0.3, -0.25) is 0 Å². The van der Waals surface area contributed by atoms with Gasteiger partial charge in [-0.05, 0) is 105 Å². The smallest absolute Gasteiger partial charge is 0.245 e. The van der Waals surface area contributed by atoms with Crippen molar-refractivity contribution in [3.8, 4) is 28.6 Å². The lowest BCUT2D eigenvalue weighted by Crippen LogP contribution is -2.31. The zero-order valence-corrected chi connectivity index (χ0v) is 33.9. The third kappa shape index (κ3) is 9.66. The molecule has 10 nitrogen and oxygen atoms in total. The first kappa shape index (κ1) is 37.8. The molecule has 0 radical (unpaired) electrons. The van der Waals surface area contributed by atoms with Crippen LogP contribution in [0.2, 0.25) is 25.7 Å². The van der Waals surface area contributed by atoms with Gasteiger partial charge in [0, 0.05) is 29.6 Å². The number of thioether (sulfide) groups is 1. The van der Waals surface area contributed by atoms with Crippen molar-refractivity contribution in [1.82, 2.24) is 24.5 Å². The van der Waals surface area contributed by atoms with E-state index in [9.17, 15) is 0 Å². The van der Waals surface area contributed by atoms with Crippen molar-refractivity contribution >= 4 is 52.4 Å². The van der Waals surface area contributed by atoms with E-state index in [0.717, 1.165) is 34.2 Å². The number of ether oxygens (including phenoxy) is 3. The van der Waals surface area contributed by atoms with E-state index >= 15 is 8.42 Å². The van der Waals surface area contributed by atoms with E-state index in [1.807, 2.05) is 84.9 Å². The molecule has 0 aliphatic carbocycles. The maximum absolute atomic E-state index is 15.2. The standard InChI is InChI=1S/C36H42IN5O5S2Si/c1-45-29-13-7-26(8-14-29)23-41(24-27-9-15-30(46-2)16-10-27)49(43,44)35-33(48-21-22-50(4,5)6)20-19-32(37)34(35)36-38-40-42(39-36)25-28-11-17-31(47-3)18-12-28/h7-20H,21-25H2,1-6H3. The van der Waals surface area contributed by atoms with Crippen LogP contribution in [-0.2, 0) is 29.7 Å². The summed E-state index contributed by atoms with van der Waals surface area (Å²) < 4.78 is 48.7. The number of aromatic nitrogens is 4. The van der Waals surface area contributed by atoms with E-state index in [2.05, 4.69) is 52.5 Å². The molecule has 0 fully saturated rings. The second kappa shape index (κ2) is 16.7. The van der Waals surface area contributed by atoms with Gasteiger partial charge >= 0.3 is 0 Å². The fourth-order valence-electron chi connectivity index (χ4n) is 5.11. The Hall–Kier alpha value is -3.44. The number of methoxy groups -OCH3 is 3. The molecule has 0 unspecified atom stereocenters. The number of benzene rings is 4. The Labute approximate surface area is 313 Å². The van der Waals surface area contributed by atoms with Crippen LogP contribution in [0.5, 0.6) is 17.2 Å². The Morgan fingerprint density at radius 2 is 1.26 bits per heavy atom. The summed E-state index contributed by atoms with van der Waals surface area (Å²) >= 11 is 3.75. The molecule has 14 heteroatoms. The van der Waals surface area contributed by atoms with Crippen LogP contribution in [-0.4, -0.2) is 68.1 Å². The van der Waals surface area contributed by atoms with E-state index in [0.29, 0.717) is 32.1 Å². The summed E-state index contributed by atoms with van der Waals surface area (Å²) in [5.41, 5.74) is 3.05. The maximum Gasteiger partial charge on any atom is 0.245 e. The van der Waals surface area contributed by atoms with Gasteiger partial charge in [-0.15, -0.1) is 22.0 Å². The molecule has 0 spiro atoms. The Morgan fingerprint density at radius 1 is 0.760 bits per heavy atom. The number of tetrazole rings is 1. The molecule has 4 aromatic carbocycles. The molecule has 0 N–H and O–H groups in total. The van der Waals surface area contributed by atoms with E-state index in [1.165, 1.54) is 9.10 Å². The zero-order chi connectivity index (χ0) is 35.9. The Kier molecular flexibility index (Phi) is 12.6. The Bertz CT molecular complexity index is 1940. The minimum absolute atomic E-state index is 0.139. The lowest BCUT2D eigenvalue weighted by atomic mass is 10.2. The van der Waals surface area contributed by atoms with Crippen molar-refractivity contribution in [3.63, 3.8) is 0 Å². The molecule has 0 atom stereocenters. The van der Waals surface area contributed by atoms with Crippen LogP contribution < -0.4 is 14.2 Å². The van der Waals surface area contributed by atoms with Crippen molar-refractivity contribution in [2.75, 3.05) is 27.1 Å². The molecule has 0 saturated heterocycles. The second-order valence-electron chi connectivity index (χ2n) is 12.9. The Morgan fingerprint density at radius 3 is 1.74 bits per heavy atom. The summed E-state index contributed by atoms with van der Waals surface area (Å²) in [5.74, 6) is 3.20. The Balaban J connectivity index is 1.61. The SMILES string of the molecule is COc1ccc(CN(Cc2ccc(OC)cc2)S(=O)(=O)c2c(SCC[Si](C)(C)C)ccc(I)c2-c2nnn(Cc3ccc(OC)cc3)n2)cc1. The molecule has 0 saturated carbocycles. The van der Waals surface area contributed by atoms with Gasteiger partial charge < -0.3 is 14.2 Å². The highest BCUT2D eigenvalue weighted by Gasteiger charge is 2.34. The lowest BCUT2D eigenvalue weighted by molar-refractivity contribution is 0.397. The first-order chi connectivity index (χ1) is 23.9. The average Bonchev–Trinajstić information content (AvgIpc) is 3.56. The summed E-state index contributed by atoms with van der Waals surface area (Å²) in [6.07, 6.45) is 0. The van der Waals surface area contributed by atoms with Gasteiger partial charge in [-0.1, -0.05) is 56.0 Å². The molecular formula is C36H42IN5O5S2Si. The van der Waals surface area contributed by atoms with E-state index in [4.69, 9.17) is 19.3 Å². The van der Waals surface area contributed by atoms with Gasteiger partial charge in [0.15, 0.2) is 0 Å². The summed E-state index contributed by atoms with van der Waals surface area (Å²) in [7, 11) is -0.709. The number of hydrogen-bond donors (Lipinski definition) is 0. The largest absolute Gasteiger partial charge is 0.497 e. The maximum atomic E-state index is 15.2. The van der Waals surface area contributed by atoms with Crippen molar-refractivity contribution in [2.24, 2.45) is 0 Å². The summed E-state index contributed by atoms with van der Waals surface area (Å²) in [5, 5.41) is 13.5. The highest BCUT2D eigenvalue weighted by molar-refractivity contribution is 14.1. The molecule has 264 valence electrons. The predicted octanol–water partition coefficient (Wildman–Crippen LogP) is 7.84. The summed E-state index contributed by atoms with van der Waals surface area (Å²) in [4.78, 5) is 2.34. The fourth-order valence-corrected chi connectivity index (χ4v) is 11.6. The van der Waals surface area contributed by atoms with Crippen LogP contribution in [0.4, 0.5) is 0 Å². The molecule has 5 aromatic rings. The molecule has 5 rings (SSSR count). The monoisotopic (exact) mass is 843 g/mol. The fraction of sp³-hybridized carbons (Fsp3) is 0.306. The van der Waals surface area contributed by atoms with Gasteiger partial charge in [0.25, 0.3) is 0 Å². The van der Waals surface area contributed by atoms with Crippen LogP contribution in [0.15, 0.2) is 94.7 Å². The molecule has 0 aliphatic heterocycles. The van der Waals surface area contributed by atoms with Crippen molar-refractivity contribution in [2.45, 2.75) is 55.1 Å². The zero-order valence-electron chi connectivity index (χ0n) is 29.1. The number of hydrogen-bond acceptors (Lipinski definition) is 9.